The molecule has 0 radical (unpaired) electrons. The van der Waals surface area contributed by atoms with Crippen LogP contribution in [0.1, 0.15) is 17.7 Å². The van der Waals surface area contributed by atoms with Crippen LogP contribution in [0.4, 0.5) is 10.2 Å². The number of methoxy groups -OCH3 is 1. The van der Waals surface area contributed by atoms with Crippen molar-refractivity contribution >= 4 is 22.8 Å². The molecule has 1 saturated carbocycles. The Bertz CT molecular complexity index is 1340. The second-order valence-corrected chi connectivity index (χ2v) is 9.81. The van der Waals surface area contributed by atoms with Crippen molar-refractivity contribution in [2.45, 2.75) is 31.0 Å². The first-order valence-electron chi connectivity index (χ1n) is 12.1. The number of anilines is 1. The molecule has 6 rings (SSSR count). The van der Waals surface area contributed by atoms with Crippen LogP contribution in [-0.2, 0) is 17.8 Å². The predicted molar refractivity (Wildman–Crippen MR) is 130 cm³/mol. The number of carbonyl (C=O) groups excluding carboxylic acids is 1. The topological polar surface area (TPSA) is 128 Å². The van der Waals surface area contributed by atoms with Crippen LogP contribution in [0, 0.1) is 11.7 Å². The molecule has 3 aliphatic rings. The maximum Gasteiger partial charge on any atom is 0.263 e. The Morgan fingerprint density at radius 3 is 3.08 bits per heavy atom. The summed E-state index contributed by atoms with van der Waals surface area (Å²) in [5.74, 6) is 1.23. The van der Waals surface area contributed by atoms with E-state index < -0.39 is 0 Å². The Labute approximate surface area is 207 Å². The number of pyridine rings is 3. The number of hydrogen-bond donors (Lipinski definition) is 3. The molecule has 0 aromatic carbocycles. The van der Waals surface area contributed by atoms with Gasteiger partial charge in [-0.3, -0.25) is 9.78 Å². The van der Waals surface area contributed by atoms with Crippen molar-refractivity contribution < 1.29 is 18.7 Å². The Hall–Kier alpha value is -3.41. The number of likely N-dealkylation sites (tertiary alicyclic amines) is 1. The summed E-state index contributed by atoms with van der Waals surface area (Å²) < 4.78 is 25.3. The number of hydrogen-bond acceptors (Lipinski definition) is 9. The fourth-order valence-corrected chi connectivity index (χ4v) is 5.62. The van der Waals surface area contributed by atoms with Gasteiger partial charge < -0.3 is 30.7 Å². The van der Waals surface area contributed by atoms with Gasteiger partial charge in [0, 0.05) is 55.3 Å². The van der Waals surface area contributed by atoms with E-state index in [2.05, 4.69) is 30.5 Å². The third-order valence-electron chi connectivity index (χ3n) is 7.50. The molecule has 3 unspecified atom stereocenters. The summed E-state index contributed by atoms with van der Waals surface area (Å²) in [5.41, 5.74) is 9.03. The lowest BCUT2D eigenvalue weighted by atomic mass is 9.65. The zero-order valence-electron chi connectivity index (χ0n) is 20.0. The van der Waals surface area contributed by atoms with Gasteiger partial charge >= 0.3 is 0 Å². The highest BCUT2D eigenvalue weighted by molar-refractivity contribution is 5.94. The number of aromatic nitrogens is 3. The lowest BCUT2D eigenvalue weighted by Gasteiger charge is -2.48. The number of halogens is 1. The van der Waals surface area contributed by atoms with Crippen LogP contribution in [0.3, 0.4) is 0 Å². The third kappa shape index (κ3) is 4.12. The van der Waals surface area contributed by atoms with Gasteiger partial charge in [-0.2, -0.15) is 0 Å². The third-order valence-corrected chi connectivity index (χ3v) is 7.50. The van der Waals surface area contributed by atoms with E-state index in [0.29, 0.717) is 59.5 Å². The van der Waals surface area contributed by atoms with Crippen molar-refractivity contribution in [3.05, 3.63) is 47.5 Å². The normalized spacial score (nSPS) is 25.0. The van der Waals surface area contributed by atoms with Crippen molar-refractivity contribution in [3.63, 3.8) is 0 Å². The number of ether oxygens (including phenoxy) is 2. The fourth-order valence-electron chi connectivity index (χ4n) is 5.62. The highest BCUT2D eigenvalue weighted by atomic mass is 19.1. The molecule has 0 bridgehead atoms. The quantitative estimate of drug-likeness (QED) is 0.445. The summed E-state index contributed by atoms with van der Waals surface area (Å²) in [6, 6.07) is 7.52. The Kier molecular flexibility index (Phi) is 5.70. The monoisotopic (exact) mass is 493 g/mol. The van der Waals surface area contributed by atoms with Gasteiger partial charge in [0.25, 0.3) is 5.91 Å². The van der Waals surface area contributed by atoms with Gasteiger partial charge in [0.05, 0.1) is 30.0 Å². The van der Waals surface area contributed by atoms with Crippen LogP contribution < -0.4 is 25.8 Å². The molecule has 3 aromatic heterocycles. The number of nitrogens with two attached hydrogens (primary N) is 1. The maximum absolute atomic E-state index is 14.7. The minimum absolute atomic E-state index is 0.0137. The zero-order valence-corrected chi connectivity index (χ0v) is 20.0. The van der Waals surface area contributed by atoms with E-state index in [4.69, 9.17) is 15.2 Å². The van der Waals surface area contributed by atoms with Crippen LogP contribution in [0.15, 0.2) is 30.5 Å². The molecular formula is C25H28FN7O3. The smallest absolute Gasteiger partial charge is 0.263 e. The van der Waals surface area contributed by atoms with E-state index in [9.17, 15) is 9.18 Å². The van der Waals surface area contributed by atoms with Gasteiger partial charge in [0.15, 0.2) is 18.2 Å². The van der Waals surface area contributed by atoms with E-state index in [1.807, 2.05) is 12.1 Å². The molecule has 3 aromatic rings. The molecule has 1 saturated heterocycles. The highest BCUT2D eigenvalue weighted by Gasteiger charge is 2.56. The molecule has 3 atom stereocenters. The molecule has 4 N–H and O–H groups in total. The molecule has 2 fully saturated rings. The Morgan fingerprint density at radius 2 is 2.22 bits per heavy atom. The second-order valence-electron chi connectivity index (χ2n) is 9.81. The largest absolute Gasteiger partial charge is 0.481 e. The molecule has 5 heterocycles. The molecule has 10 nitrogen and oxygen atoms in total. The maximum atomic E-state index is 14.7. The van der Waals surface area contributed by atoms with Gasteiger partial charge in [-0.25, -0.2) is 14.4 Å². The van der Waals surface area contributed by atoms with E-state index in [-0.39, 0.29) is 29.9 Å². The van der Waals surface area contributed by atoms with E-state index in [1.165, 1.54) is 6.20 Å². The minimum Gasteiger partial charge on any atom is -0.481 e. The van der Waals surface area contributed by atoms with E-state index in [1.54, 1.807) is 19.2 Å². The number of amides is 1. The summed E-state index contributed by atoms with van der Waals surface area (Å²) in [6.45, 7) is 2.89. The first-order valence-corrected chi connectivity index (χ1v) is 12.1. The Morgan fingerprint density at radius 1 is 1.33 bits per heavy atom. The molecule has 1 amide bonds. The number of carbonyl (C=O) groups is 1. The van der Waals surface area contributed by atoms with Crippen LogP contribution >= 0.6 is 0 Å². The molecule has 1 aliphatic carbocycles. The summed E-state index contributed by atoms with van der Waals surface area (Å²) >= 11 is 0. The average molecular weight is 494 g/mol. The predicted octanol–water partition coefficient (Wildman–Crippen LogP) is 1.24. The SMILES string of the molecule is COc1ccc2ncc(F)c(CCN3CC4C(NCc5ccc6c(n5)NC(=O)CO6)CC4(N)C3)c2n1. The molecule has 36 heavy (non-hydrogen) atoms. The molecule has 0 spiro atoms. The Balaban J connectivity index is 1.08. The number of rotatable bonds is 7. The lowest BCUT2D eigenvalue weighted by molar-refractivity contribution is -0.118. The van der Waals surface area contributed by atoms with Gasteiger partial charge in [0.1, 0.15) is 5.82 Å². The summed E-state index contributed by atoms with van der Waals surface area (Å²) in [6.07, 6.45) is 2.64. The standard InChI is InChI=1S/C25H28FN7O3/c1-35-22-5-3-18-23(32-22)15(17(26)10-29-18)6-7-33-11-16-19(8-25(16,27)13-33)28-9-14-2-4-20-24(30-14)31-21(34)12-36-20/h2-5,10,16,19,28H,6-9,11-13,27H2,1H3,(H,30,31,34). The molecule has 11 heteroatoms. The van der Waals surface area contributed by atoms with Crippen molar-refractivity contribution in [2.24, 2.45) is 11.7 Å². The van der Waals surface area contributed by atoms with Crippen molar-refractivity contribution in [3.8, 4) is 11.6 Å². The van der Waals surface area contributed by atoms with Gasteiger partial charge in [-0.1, -0.05) is 0 Å². The highest BCUT2D eigenvalue weighted by Crippen LogP contribution is 2.43. The van der Waals surface area contributed by atoms with Crippen LogP contribution in [-0.4, -0.2) is 70.7 Å². The summed E-state index contributed by atoms with van der Waals surface area (Å²) in [4.78, 5) is 27.0. The summed E-state index contributed by atoms with van der Waals surface area (Å²) in [7, 11) is 1.54. The molecule has 188 valence electrons. The fraction of sp³-hybridized carbons (Fsp3) is 0.440. The first kappa shape index (κ1) is 23.0. The van der Waals surface area contributed by atoms with Crippen molar-refractivity contribution in [1.29, 1.82) is 0 Å². The average Bonchev–Trinajstić information content (AvgIpc) is 3.13. The number of fused-ring (bicyclic) bond motifs is 3. The van der Waals surface area contributed by atoms with Crippen molar-refractivity contribution in [2.75, 3.05) is 38.7 Å². The number of nitrogens with one attached hydrogen (secondary N) is 2. The van der Waals surface area contributed by atoms with E-state index in [0.717, 1.165) is 25.2 Å². The minimum atomic E-state index is -0.355. The first-order chi connectivity index (χ1) is 17.4. The van der Waals surface area contributed by atoms with Crippen LogP contribution in [0.25, 0.3) is 11.0 Å². The van der Waals surface area contributed by atoms with Crippen molar-refractivity contribution in [1.82, 2.24) is 25.2 Å². The summed E-state index contributed by atoms with van der Waals surface area (Å²) in [5, 5.41) is 6.32. The van der Waals surface area contributed by atoms with Gasteiger partial charge in [-0.05, 0) is 31.0 Å². The van der Waals surface area contributed by atoms with Crippen LogP contribution in [0.5, 0.6) is 11.6 Å². The molecule has 2 aliphatic heterocycles. The lowest BCUT2D eigenvalue weighted by Crippen LogP contribution is -2.66. The van der Waals surface area contributed by atoms with Crippen LogP contribution in [0.2, 0.25) is 0 Å². The zero-order chi connectivity index (χ0) is 24.9. The van der Waals surface area contributed by atoms with Gasteiger partial charge in [0.2, 0.25) is 5.88 Å². The number of nitrogens with zero attached hydrogens (tertiary/aromatic N) is 4. The molecular weight excluding hydrogens is 465 g/mol. The second kappa shape index (κ2) is 8.91. The van der Waals surface area contributed by atoms with E-state index >= 15 is 0 Å². The van der Waals surface area contributed by atoms with Gasteiger partial charge in [-0.15, -0.1) is 0 Å².